The predicted molar refractivity (Wildman–Crippen MR) is 137 cm³/mol. The van der Waals surface area contributed by atoms with Crippen molar-refractivity contribution in [3.05, 3.63) is 86.9 Å². The van der Waals surface area contributed by atoms with Gasteiger partial charge in [0.2, 0.25) is 0 Å². The quantitative estimate of drug-likeness (QED) is 0.360. The van der Waals surface area contributed by atoms with Crippen LogP contribution in [-0.2, 0) is 13.7 Å². The van der Waals surface area contributed by atoms with Crippen LogP contribution in [0.4, 0.5) is 0 Å². The normalized spacial score (nSPS) is 13.3. The van der Waals surface area contributed by atoms with Crippen LogP contribution in [0.2, 0.25) is 0 Å². The van der Waals surface area contributed by atoms with Gasteiger partial charge in [-0.25, -0.2) is 9.78 Å². The minimum atomic E-state index is -0.277. The van der Waals surface area contributed by atoms with Gasteiger partial charge >= 0.3 is 5.69 Å². The maximum Gasteiger partial charge on any atom is 0.338 e. The molecule has 0 atom stereocenters. The fourth-order valence-electron chi connectivity index (χ4n) is 4.43. The van der Waals surface area contributed by atoms with Gasteiger partial charge in [-0.15, -0.1) is 10.2 Å². The second kappa shape index (κ2) is 8.55. The molecule has 1 aliphatic carbocycles. The molecule has 0 unspecified atom stereocenters. The SMILES string of the molecule is Cn1cnnc1-c1cc(C#N)ccc1-c1cc(C2CC2)nc(-n2cc3c(Br)cc(CO)cn3c2=O)c1. The molecule has 0 aliphatic heterocycles. The molecule has 5 aromatic rings. The van der Waals surface area contributed by atoms with Crippen LogP contribution in [0.3, 0.4) is 0 Å². The zero-order chi connectivity index (χ0) is 25.0. The van der Waals surface area contributed by atoms with Gasteiger partial charge in [0.05, 0.1) is 23.8 Å². The maximum atomic E-state index is 13.4. The number of nitriles is 1. The van der Waals surface area contributed by atoms with Crippen LogP contribution in [0, 0.1) is 11.3 Å². The second-order valence-electron chi connectivity index (χ2n) is 8.94. The number of hydrogen-bond acceptors (Lipinski definition) is 6. The molecular formula is C26H20BrN7O2. The Kier molecular flexibility index (Phi) is 5.32. The van der Waals surface area contributed by atoms with Crippen molar-refractivity contribution in [2.45, 2.75) is 25.4 Å². The zero-order valence-electron chi connectivity index (χ0n) is 19.3. The molecule has 10 heteroatoms. The number of rotatable bonds is 5. The minimum Gasteiger partial charge on any atom is -0.392 e. The van der Waals surface area contributed by atoms with E-state index in [1.165, 1.54) is 8.97 Å². The van der Waals surface area contributed by atoms with E-state index in [4.69, 9.17) is 4.98 Å². The number of pyridine rings is 2. The highest BCUT2D eigenvalue weighted by Crippen LogP contribution is 2.42. The van der Waals surface area contributed by atoms with Crippen molar-refractivity contribution >= 4 is 21.4 Å². The highest BCUT2D eigenvalue weighted by molar-refractivity contribution is 9.10. The molecule has 1 N–H and O–H groups in total. The van der Waals surface area contributed by atoms with Crippen molar-refractivity contribution in [1.29, 1.82) is 5.26 Å². The van der Waals surface area contributed by atoms with Crippen LogP contribution >= 0.6 is 15.9 Å². The van der Waals surface area contributed by atoms with Crippen molar-refractivity contribution < 1.29 is 5.11 Å². The maximum absolute atomic E-state index is 13.4. The van der Waals surface area contributed by atoms with Gasteiger partial charge in [0, 0.05) is 41.1 Å². The highest BCUT2D eigenvalue weighted by atomic mass is 79.9. The number of imidazole rings is 1. The number of aliphatic hydroxyl groups excluding tert-OH is 1. The summed E-state index contributed by atoms with van der Waals surface area (Å²) < 4.78 is 5.56. The van der Waals surface area contributed by atoms with Crippen molar-refractivity contribution in [2.75, 3.05) is 0 Å². The number of aryl methyl sites for hydroxylation is 1. The van der Waals surface area contributed by atoms with Gasteiger partial charge in [0.15, 0.2) is 5.82 Å². The van der Waals surface area contributed by atoms with Crippen LogP contribution in [0.25, 0.3) is 33.8 Å². The topological polar surface area (TPSA) is 114 Å². The van der Waals surface area contributed by atoms with Gasteiger partial charge in [-0.3, -0.25) is 8.97 Å². The lowest BCUT2D eigenvalue weighted by atomic mass is 9.96. The van der Waals surface area contributed by atoms with Crippen molar-refractivity contribution in [2.24, 2.45) is 7.05 Å². The first-order valence-corrected chi connectivity index (χ1v) is 12.2. The first kappa shape index (κ1) is 22.4. The largest absolute Gasteiger partial charge is 0.392 e. The minimum absolute atomic E-state index is 0.171. The number of benzene rings is 1. The van der Waals surface area contributed by atoms with E-state index in [1.807, 2.05) is 29.8 Å². The van der Waals surface area contributed by atoms with Crippen molar-refractivity contribution in [3.63, 3.8) is 0 Å². The van der Waals surface area contributed by atoms with Crippen molar-refractivity contribution in [1.82, 2.24) is 28.7 Å². The molecule has 1 fully saturated rings. The monoisotopic (exact) mass is 541 g/mol. The van der Waals surface area contributed by atoms with Gasteiger partial charge in [0.25, 0.3) is 0 Å². The molecule has 4 heterocycles. The molecule has 36 heavy (non-hydrogen) atoms. The van der Waals surface area contributed by atoms with Gasteiger partial charge in [-0.2, -0.15) is 5.26 Å². The fourth-order valence-corrected chi connectivity index (χ4v) is 5.02. The Labute approximate surface area is 214 Å². The first-order valence-electron chi connectivity index (χ1n) is 11.4. The summed E-state index contributed by atoms with van der Waals surface area (Å²) in [6.07, 6.45) is 7.11. The molecular weight excluding hydrogens is 522 g/mol. The molecule has 6 rings (SSSR count). The van der Waals surface area contributed by atoms with E-state index < -0.39 is 0 Å². The van der Waals surface area contributed by atoms with Gasteiger partial charge in [-0.05, 0) is 75.8 Å². The van der Waals surface area contributed by atoms with E-state index in [-0.39, 0.29) is 12.3 Å². The van der Waals surface area contributed by atoms with E-state index >= 15 is 0 Å². The van der Waals surface area contributed by atoms with Gasteiger partial charge in [0.1, 0.15) is 12.1 Å². The van der Waals surface area contributed by atoms with E-state index in [1.54, 1.807) is 30.9 Å². The summed E-state index contributed by atoms with van der Waals surface area (Å²) in [4.78, 5) is 18.3. The zero-order valence-corrected chi connectivity index (χ0v) is 20.8. The van der Waals surface area contributed by atoms with Crippen LogP contribution < -0.4 is 5.69 Å². The van der Waals surface area contributed by atoms with Crippen LogP contribution in [-0.4, -0.2) is 33.8 Å². The lowest BCUT2D eigenvalue weighted by Gasteiger charge is -2.13. The fraction of sp³-hybridized carbons (Fsp3) is 0.192. The Bertz CT molecular complexity index is 1750. The number of nitrogens with zero attached hydrogens (tertiary/aromatic N) is 7. The van der Waals surface area contributed by atoms with Gasteiger partial charge < -0.3 is 9.67 Å². The molecule has 0 saturated heterocycles. The van der Waals surface area contributed by atoms with E-state index in [0.717, 1.165) is 35.2 Å². The molecule has 0 bridgehead atoms. The van der Waals surface area contributed by atoms with Crippen LogP contribution in [0.1, 0.15) is 35.6 Å². The highest BCUT2D eigenvalue weighted by Gasteiger charge is 2.27. The third-order valence-electron chi connectivity index (χ3n) is 6.44. The first-order chi connectivity index (χ1) is 17.5. The Morgan fingerprint density at radius 2 is 2.00 bits per heavy atom. The third kappa shape index (κ3) is 3.73. The third-order valence-corrected chi connectivity index (χ3v) is 7.08. The van der Waals surface area contributed by atoms with E-state index in [0.29, 0.717) is 38.7 Å². The molecule has 1 aromatic carbocycles. The van der Waals surface area contributed by atoms with Crippen LogP contribution in [0.5, 0.6) is 0 Å². The second-order valence-corrected chi connectivity index (χ2v) is 9.80. The summed E-state index contributed by atoms with van der Waals surface area (Å²) in [6.45, 7) is -0.171. The summed E-state index contributed by atoms with van der Waals surface area (Å²) >= 11 is 3.51. The standard InChI is InChI=1S/C26H20BrN7O2/c1-32-14-29-31-25(32)20-6-15(10-28)2-5-19(20)18-8-22(17-3-4-17)30-24(9-18)34-12-23-21(27)7-16(13-35)11-33(23)26(34)36/h2,5-9,11-12,14,17,35H,3-4,13H2,1H3. The summed E-state index contributed by atoms with van der Waals surface area (Å²) in [5.41, 5.74) is 4.99. The Morgan fingerprint density at radius 1 is 1.17 bits per heavy atom. The van der Waals surface area contributed by atoms with Gasteiger partial charge in [-0.1, -0.05) is 6.07 Å². The number of hydrogen-bond donors (Lipinski definition) is 1. The molecule has 0 radical (unpaired) electrons. The average Bonchev–Trinajstić information content (AvgIpc) is 3.58. The molecule has 9 nitrogen and oxygen atoms in total. The molecule has 1 aliphatic rings. The van der Waals surface area contributed by atoms with Crippen LogP contribution in [0.15, 0.2) is 64.4 Å². The predicted octanol–water partition coefficient (Wildman–Crippen LogP) is 3.95. The lowest BCUT2D eigenvalue weighted by Crippen LogP contribution is -2.20. The lowest BCUT2D eigenvalue weighted by molar-refractivity contribution is 0.281. The molecule has 4 aromatic heterocycles. The number of aromatic nitrogens is 6. The Hall–Kier alpha value is -4.07. The molecule has 0 amide bonds. The average molecular weight is 542 g/mol. The Morgan fingerprint density at radius 3 is 2.69 bits per heavy atom. The molecule has 1 saturated carbocycles. The Balaban J connectivity index is 1.59. The van der Waals surface area contributed by atoms with E-state index in [2.05, 4.69) is 38.3 Å². The molecule has 0 spiro atoms. The summed E-state index contributed by atoms with van der Waals surface area (Å²) in [5.74, 6) is 1.50. The summed E-state index contributed by atoms with van der Waals surface area (Å²) in [6, 6.07) is 13.4. The number of aliphatic hydroxyl groups is 1. The van der Waals surface area contributed by atoms with E-state index in [9.17, 15) is 15.2 Å². The van der Waals surface area contributed by atoms with Crippen molar-refractivity contribution in [3.8, 4) is 34.4 Å². The summed E-state index contributed by atoms with van der Waals surface area (Å²) in [5, 5.41) is 27.4. The number of halogens is 1. The number of fused-ring (bicyclic) bond motifs is 1. The smallest absolute Gasteiger partial charge is 0.338 e. The summed E-state index contributed by atoms with van der Waals surface area (Å²) in [7, 11) is 1.86. The molecule has 178 valence electrons.